The molecule has 158 valence electrons. The minimum Gasteiger partial charge on any atom is -0.478 e. The highest BCUT2D eigenvalue weighted by molar-refractivity contribution is 5.97. The van der Waals surface area contributed by atoms with Crippen LogP contribution in [0.25, 0.3) is 0 Å². The number of carbonyl (C=O) groups excluding carboxylic acids is 2. The molecule has 6 heteroatoms. The fourth-order valence-electron chi connectivity index (χ4n) is 3.57. The van der Waals surface area contributed by atoms with Crippen molar-refractivity contribution in [3.05, 3.63) is 42.0 Å². The standard InChI is InChI=1S/C23H32N2O4/c1-3-5-15-25(16-6-4-2)22(27)20-10-8-7-9-19(20)21(26)24-18-13-11-17(12-14-18)23(28)29/h7-8,11-14,19-20H,3-6,9-10,15-16H2,1-2H3,(H,24,26)(H,28,29). The lowest BCUT2D eigenvalue weighted by Gasteiger charge is -2.32. The van der Waals surface area contributed by atoms with Crippen molar-refractivity contribution in [1.82, 2.24) is 4.90 Å². The van der Waals surface area contributed by atoms with Gasteiger partial charge in [-0.2, -0.15) is 0 Å². The van der Waals surface area contributed by atoms with Crippen LogP contribution in [0.5, 0.6) is 0 Å². The molecule has 0 saturated heterocycles. The first-order valence-electron chi connectivity index (χ1n) is 10.6. The Balaban J connectivity index is 2.10. The lowest BCUT2D eigenvalue weighted by atomic mass is 9.81. The molecule has 6 nitrogen and oxygen atoms in total. The maximum Gasteiger partial charge on any atom is 0.335 e. The number of carboxylic acid groups (broad SMARTS) is 1. The summed E-state index contributed by atoms with van der Waals surface area (Å²) in [7, 11) is 0. The number of amides is 2. The number of aromatic carboxylic acids is 1. The maximum absolute atomic E-state index is 13.2. The van der Waals surface area contributed by atoms with E-state index in [0.29, 0.717) is 18.5 Å². The Kier molecular flexibility index (Phi) is 8.90. The van der Waals surface area contributed by atoms with Gasteiger partial charge >= 0.3 is 5.97 Å². The van der Waals surface area contributed by atoms with Crippen molar-refractivity contribution < 1.29 is 19.5 Å². The molecule has 0 aliphatic heterocycles. The van der Waals surface area contributed by atoms with Crippen LogP contribution in [-0.2, 0) is 9.59 Å². The average molecular weight is 401 g/mol. The lowest BCUT2D eigenvalue weighted by molar-refractivity contribution is -0.141. The summed E-state index contributed by atoms with van der Waals surface area (Å²) in [6.45, 7) is 5.69. The van der Waals surface area contributed by atoms with Crippen molar-refractivity contribution in [3.63, 3.8) is 0 Å². The van der Waals surface area contributed by atoms with Crippen molar-refractivity contribution in [2.45, 2.75) is 52.4 Å². The van der Waals surface area contributed by atoms with Gasteiger partial charge in [0.2, 0.25) is 11.8 Å². The van der Waals surface area contributed by atoms with E-state index in [9.17, 15) is 14.4 Å². The fourth-order valence-corrected chi connectivity index (χ4v) is 3.57. The van der Waals surface area contributed by atoms with Crippen LogP contribution in [0.15, 0.2) is 36.4 Å². The molecule has 0 fully saturated rings. The number of allylic oxidation sites excluding steroid dienone is 2. The summed E-state index contributed by atoms with van der Waals surface area (Å²) in [4.78, 5) is 39.1. The number of nitrogens with zero attached hydrogens (tertiary/aromatic N) is 1. The monoisotopic (exact) mass is 400 g/mol. The fraction of sp³-hybridized carbons (Fsp3) is 0.522. The molecule has 0 aromatic heterocycles. The quantitative estimate of drug-likeness (QED) is 0.572. The maximum atomic E-state index is 13.2. The summed E-state index contributed by atoms with van der Waals surface area (Å²) >= 11 is 0. The van der Waals surface area contributed by atoms with Gasteiger partial charge in [-0.1, -0.05) is 38.8 Å². The van der Waals surface area contributed by atoms with Gasteiger partial charge in [-0.15, -0.1) is 0 Å². The molecular weight excluding hydrogens is 368 g/mol. The number of carbonyl (C=O) groups is 3. The number of nitrogens with one attached hydrogen (secondary N) is 1. The first kappa shape index (κ1) is 22.7. The minimum absolute atomic E-state index is 0.0672. The van der Waals surface area contributed by atoms with Crippen LogP contribution < -0.4 is 5.32 Å². The van der Waals surface area contributed by atoms with E-state index in [4.69, 9.17) is 5.11 Å². The van der Waals surface area contributed by atoms with Gasteiger partial charge in [0, 0.05) is 18.8 Å². The average Bonchev–Trinajstić information content (AvgIpc) is 2.73. The number of benzene rings is 1. The third kappa shape index (κ3) is 6.44. The van der Waals surface area contributed by atoms with Crippen LogP contribution in [0.4, 0.5) is 5.69 Å². The van der Waals surface area contributed by atoms with Gasteiger partial charge < -0.3 is 15.3 Å². The zero-order valence-corrected chi connectivity index (χ0v) is 17.4. The van der Waals surface area contributed by atoms with Crippen molar-refractivity contribution in [2.24, 2.45) is 11.8 Å². The largest absolute Gasteiger partial charge is 0.478 e. The Labute approximate surface area is 173 Å². The molecule has 1 aromatic rings. The summed E-state index contributed by atoms with van der Waals surface area (Å²) < 4.78 is 0. The number of anilines is 1. The van der Waals surface area contributed by atoms with Gasteiger partial charge in [0.1, 0.15) is 0 Å². The normalized spacial score (nSPS) is 18.3. The van der Waals surface area contributed by atoms with Gasteiger partial charge in [0.05, 0.1) is 17.4 Å². The molecule has 1 aliphatic carbocycles. The highest BCUT2D eigenvalue weighted by Crippen LogP contribution is 2.29. The number of hydrogen-bond acceptors (Lipinski definition) is 3. The second-order valence-corrected chi connectivity index (χ2v) is 7.56. The van der Waals surface area contributed by atoms with E-state index in [2.05, 4.69) is 19.2 Å². The van der Waals surface area contributed by atoms with E-state index in [1.54, 1.807) is 12.1 Å². The smallest absolute Gasteiger partial charge is 0.335 e. The Morgan fingerprint density at radius 3 is 2.03 bits per heavy atom. The van der Waals surface area contributed by atoms with Crippen LogP contribution >= 0.6 is 0 Å². The molecule has 0 radical (unpaired) electrons. The second-order valence-electron chi connectivity index (χ2n) is 7.56. The molecule has 2 rings (SSSR count). The van der Waals surface area contributed by atoms with Crippen LogP contribution in [0.1, 0.15) is 62.7 Å². The molecule has 2 amide bonds. The van der Waals surface area contributed by atoms with E-state index in [-0.39, 0.29) is 23.3 Å². The summed E-state index contributed by atoms with van der Waals surface area (Å²) in [5.74, 6) is -1.91. The molecule has 2 atom stereocenters. The highest BCUT2D eigenvalue weighted by atomic mass is 16.4. The second kappa shape index (κ2) is 11.4. The third-order valence-corrected chi connectivity index (χ3v) is 5.36. The zero-order chi connectivity index (χ0) is 21.2. The molecular formula is C23H32N2O4. The first-order valence-corrected chi connectivity index (χ1v) is 10.6. The van der Waals surface area contributed by atoms with Crippen LogP contribution in [0, 0.1) is 11.8 Å². The molecule has 29 heavy (non-hydrogen) atoms. The van der Waals surface area contributed by atoms with Crippen LogP contribution in [0.3, 0.4) is 0 Å². The predicted molar refractivity (Wildman–Crippen MR) is 114 cm³/mol. The highest BCUT2D eigenvalue weighted by Gasteiger charge is 2.36. The molecule has 0 bridgehead atoms. The summed E-state index contributed by atoms with van der Waals surface area (Å²) in [6.07, 6.45) is 9.04. The van der Waals surface area contributed by atoms with E-state index in [0.717, 1.165) is 38.8 Å². The number of rotatable bonds is 10. The predicted octanol–water partition coefficient (Wildman–Crippen LogP) is 4.33. The van der Waals surface area contributed by atoms with Crippen LogP contribution in [-0.4, -0.2) is 40.9 Å². The van der Waals surface area contributed by atoms with Crippen molar-refractivity contribution in [2.75, 3.05) is 18.4 Å². The van der Waals surface area contributed by atoms with E-state index in [1.165, 1.54) is 12.1 Å². The minimum atomic E-state index is -1.01. The molecule has 0 heterocycles. The topological polar surface area (TPSA) is 86.7 Å². The number of unbranched alkanes of at least 4 members (excludes halogenated alkanes) is 2. The molecule has 0 spiro atoms. The van der Waals surface area contributed by atoms with Gasteiger partial charge in [0.15, 0.2) is 0 Å². The van der Waals surface area contributed by atoms with E-state index < -0.39 is 11.9 Å². The molecule has 1 aromatic carbocycles. The summed E-state index contributed by atoms with van der Waals surface area (Å²) in [5, 5.41) is 11.8. The SMILES string of the molecule is CCCCN(CCCC)C(=O)C1CC=CCC1C(=O)Nc1ccc(C(=O)O)cc1. The number of carboxylic acids is 1. The molecule has 0 saturated carbocycles. The Morgan fingerprint density at radius 2 is 1.52 bits per heavy atom. The van der Waals surface area contributed by atoms with E-state index >= 15 is 0 Å². The summed E-state index contributed by atoms with van der Waals surface area (Å²) in [6, 6.07) is 6.06. The van der Waals surface area contributed by atoms with Gasteiger partial charge in [-0.05, 0) is 49.9 Å². The zero-order valence-electron chi connectivity index (χ0n) is 17.4. The Hall–Kier alpha value is -2.63. The van der Waals surface area contributed by atoms with Gasteiger partial charge in [0.25, 0.3) is 0 Å². The van der Waals surface area contributed by atoms with E-state index in [1.807, 2.05) is 17.1 Å². The Morgan fingerprint density at radius 1 is 0.966 bits per heavy atom. The van der Waals surface area contributed by atoms with Crippen molar-refractivity contribution >= 4 is 23.5 Å². The first-order chi connectivity index (χ1) is 14.0. The van der Waals surface area contributed by atoms with Crippen molar-refractivity contribution in [1.29, 1.82) is 0 Å². The molecule has 2 unspecified atom stereocenters. The molecule has 2 N–H and O–H groups in total. The van der Waals surface area contributed by atoms with Crippen LogP contribution in [0.2, 0.25) is 0 Å². The van der Waals surface area contributed by atoms with Gasteiger partial charge in [-0.25, -0.2) is 4.79 Å². The summed E-state index contributed by atoms with van der Waals surface area (Å²) in [5.41, 5.74) is 0.703. The molecule has 1 aliphatic rings. The number of hydrogen-bond donors (Lipinski definition) is 2. The Bertz CT molecular complexity index is 719. The lowest BCUT2D eigenvalue weighted by Crippen LogP contribution is -2.43. The van der Waals surface area contributed by atoms with Crippen molar-refractivity contribution in [3.8, 4) is 0 Å². The third-order valence-electron chi connectivity index (χ3n) is 5.36. The van der Waals surface area contributed by atoms with Gasteiger partial charge in [-0.3, -0.25) is 9.59 Å².